The Kier molecular flexibility index (Phi) is 36.3. The van der Waals surface area contributed by atoms with Gasteiger partial charge in [-0.05, 0) is 89.9 Å². The van der Waals surface area contributed by atoms with E-state index in [-0.39, 0.29) is 43.6 Å². The van der Waals surface area contributed by atoms with E-state index in [0.717, 1.165) is 154 Å². The molecule has 0 aliphatic rings. The Bertz CT molecular complexity index is 2910. The monoisotopic (exact) mass is 1270 g/mol. The van der Waals surface area contributed by atoms with Crippen LogP contribution in [0.5, 0.6) is 0 Å². The molecule has 0 spiro atoms. The first kappa shape index (κ1) is 74.4. The van der Waals surface area contributed by atoms with E-state index in [0.29, 0.717) is 96.1 Å². The maximum absolute atomic E-state index is 8.89. The van der Waals surface area contributed by atoms with E-state index in [1.165, 1.54) is 0 Å². The van der Waals surface area contributed by atoms with Gasteiger partial charge in [0.1, 0.15) is 17.5 Å². The van der Waals surface area contributed by atoms with E-state index < -0.39 is 0 Å². The Morgan fingerprint density at radius 3 is 1.11 bits per heavy atom. The smallest absolute Gasteiger partial charge is 0.231 e. The number of unbranched alkanes of at least 4 members (excludes halogenated alkanes) is 8. The van der Waals surface area contributed by atoms with Gasteiger partial charge in [-0.15, -0.1) is 0 Å². The maximum Gasteiger partial charge on any atom is 0.231 e. The van der Waals surface area contributed by atoms with Crippen molar-refractivity contribution in [3.63, 3.8) is 0 Å². The van der Waals surface area contributed by atoms with Gasteiger partial charge >= 0.3 is 0 Å². The largest absolute Gasteiger partial charge is 0.396 e. The highest BCUT2D eigenvalue weighted by Crippen LogP contribution is 2.21. The topological polar surface area (TPSA) is 506 Å². The highest BCUT2D eigenvalue weighted by Gasteiger charge is 2.14. The van der Waals surface area contributed by atoms with Crippen LogP contribution in [0.4, 0.5) is 89.2 Å². The fourth-order valence-corrected chi connectivity index (χ4v) is 8.10. The number of aliphatic hydroxyl groups excluding tert-OH is 3. The summed E-state index contributed by atoms with van der Waals surface area (Å²) in [5, 5.41) is 60.7. The molecular weight excluding hydrogens is 1170 g/mol. The van der Waals surface area contributed by atoms with E-state index in [1.54, 1.807) is 28.2 Å². The molecule has 0 bridgehead atoms. The van der Waals surface area contributed by atoms with Gasteiger partial charge in [0.05, 0.1) is 0 Å². The van der Waals surface area contributed by atoms with Crippen LogP contribution in [0.3, 0.4) is 0 Å². The molecule has 0 fully saturated rings. The van der Waals surface area contributed by atoms with Gasteiger partial charge in [0.25, 0.3) is 0 Å². The van der Waals surface area contributed by atoms with Gasteiger partial charge < -0.3 is 95.9 Å². The third-order valence-corrected chi connectivity index (χ3v) is 13.1. The second kappa shape index (κ2) is 44.4. The lowest BCUT2D eigenvalue weighted by atomic mass is 10.0. The maximum atomic E-state index is 8.89. The van der Waals surface area contributed by atoms with Crippen molar-refractivity contribution in [2.24, 2.45) is 0 Å². The summed E-state index contributed by atoms with van der Waals surface area (Å²) in [6, 6.07) is 0. The summed E-state index contributed by atoms with van der Waals surface area (Å²) in [4.78, 5) is 79.0. The minimum absolute atomic E-state index is 0.155. The third-order valence-electron chi connectivity index (χ3n) is 13.1. The van der Waals surface area contributed by atoms with Gasteiger partial charge in [-0.25, -0.2) is 0 Å². The van der Waals surface area contributed by atoms with Crippen LogP contribution in [0.2, 0.25) is 0 Å². The Morgan fingerprint density at radius 2 is 0.637 bits per heavy atom. The van der Waals surface area contributed by atoms with Crippen molar-refractivity contribution >= 4 is 89.2 Å². The zero-order chi connectivity index (χ0) is 65.9. The van der Waals surface area contributed by atoms with Crippen LogP contribution in [0.25, 0.3) is 0 Å². The lowest BCUT2D eigenvalue weighted by molar-refractivity contribution is 0.283. The highest BCUT2D eigenvalue weighted by molar-refractivity contribution is 5.44. The molecule has 91 heavy (non-hydrogen) atoms. The van der Waals surface area contributed by atoms with Gasteiger partial charge in [-0.1, -0.05) is 27.2 Å². The van der Waals surface area contributed by atoms with Crippen molar-refractivity contribution in [1.29, 1.82) is 0 Å². The molecule has 0 aliphatic carbocycles. The van der Waals surface area contributed by atoms with Gasteiger partial charge in [0, 0.05) is 126 Å². The van der Waals surface area contributed by atoms with E-state index in [1.807, 2.05) is 25.8 Å². The van der Waals surface area contributed by atoms with E-state index in [2.05, 4.69) is 155 Å². The molecule has 6 aromatic heterocycles. The van der Waals surface area contributed by atoms with Crippen LogP contribution in [0.1, 0.15) is 140 Å². The number of nitrogens with one attached hydrogen (secondary N) is 11. The molecule has 0 radical (unpaired) electrons. The number of hydrogen-bond donors (Lipinski definition) is 17. The summed E-state index contributed by atoms with van der Waals surface area (Å²) in [7, 11) is 9.00. The average Bonchev–Trinajstić information content (AvgIpc) is 2.99. The second-order valence-electron chi connectivity index (χ2n) is 20.6. The molecule has 6 aromatic rings. The first-order valence-corrected chi connectivity index (χ1v) is 31.5. The molecule has 1 unspecified atom stereocenters. The molecule has 20 N–H and O–H groups in total. The SMILES string of the molecule is CCc1nc(N)nc(NCCCCCNc2nc(CC)nc(NCCCCCO)n2)n1.CNc1nc(N)nc(NCCCCC(C)c2nc(N)nc(NCCCCO)n2)n1.CNc1nc(NC)nc(NCCCCN(C)c2nc(NC)nc(NCCCCO)n2)n1. The zero-order valence-corrected chi connectivity index (χ0v) is 54.4. The fourth-order valence-electron chi connectivity index (χ4n) is 8.10. The Labute approximate surface area is 533 Å². The molecule has 1 atom stereocenters. The van der Waals surface area contributed by atoms with Crippen molar-refractivity contribution in [2.45, 2.75) is 136 Å². The van der Waals surface area contributed by atoms with E-state index in [4.69, 9.17) is 32.5 Å². The summed E-state index contributed by atoms with van der Waals surface area (Å²) in [5.41, 5.74) is 17.2. The summed E-state index contributed by atoms with van der Waals surface area (Å²) in [6.45, 7) is 12.7. The Balaban J connectivity index is 0.000000292. The number of aromatic nitrogens is 18. The number of anilines is 15. The normalized spacial score (nSPS) is 11.0. The molecule has 0 saturated carbocycles. The van der Waals surface area contributed by atoms with Crippen LogP contribution >= 0.6 is 0 Å². The zero-order valence-electron chi connectivity index (χ0n) is 54.4. The molecule has 0 aromatic carbocycles. The lowest BCUT2D eigenvalue weighted by Crippen LogP contribution is -2.23. The molecule has 0 saturated heterocycles. The van der Waals surface area contributed by atoms with E-state index in [9.17, 15) is 0 Å². The van der Waals surface area contributed by atoms with Gasteiger partial charge in [-0.3, -0.25) is 0 Å². The molecule has 0 amide bonds. The van der Waals surface area contributed by atoms with Crippen molar-refractivity contribution in [1.82, 2.24) is 89.7 Å². The summed E-state index contributed by atoms with van der Waals surface area (Å²) in [6.07, 6.45) is 15.1. The standard InChI is InChI=1S/C20H36N10O.C18H34N12O.C17H31N11O/c1-3-15-25-17(21)29-18(26-15)22-11-7-5-8-12-23-19-27-16(4-2)28-20(30-19)24-13-9-6-10-14-31;1-19-13-24-14(20-2)26-16(25-13)22-9-5-7-11-30(4)18-28-15(21-3)27-17(29-18)23-10-6-8-12-31;1-11(12-23-13(18)26-16(24-12)21-9-5-6-10-29)7-3-4-8-22-17-27-14(19)25-15(20-2)28-17/h31H,3-14H2,1-2H3,(H3,21,22,25,26,29)(H2,23,24,27,28,30);31H,5-12H2,1-4H3,(H2,21,23,27,28,29)(H3,19,20,22,24,25,26);11,29H,3-10H2,1-2H3,(H3,18,21,23,24,26)(H4,19,20,22,25,27,28). The van der Waals surface area contributed by atoms with Crippen LogP contribution in [-0.2, 0) is 12.8 Å². The molecule has 0 aliphatic heterocycles. The van der Waals surface area contributed by atoms with Crippen LogP contribution in [0, 0.1) is 0 Å². The van der Waals surface area contributed by atoms with Crippen molar-refractivity contribution < 1.29 is 15.3 Å². The number of nitrogens with two attached hydrogens (primary N) is 3. The number of nitrogen functional groups attached to an aromatic ring is 3. The molecule has 6 heterocycles. The van der Waals surface area contributed by atoms with Gasteiger partial charge in [0.2, 0.25) is 89.2 Å². The third kappa shape index (κ3) is 30.8. The number of aliphatic hydroxyl groups is 3. The van der Waals surface area contributed by atoms with Crippen LogP contribution in [-0.4, -0.2) is 212 Å². The number of rotatable bonds is 44. The average molecular weight is 1270 g/mol. The molecule has 36 heteroatoms. The lowest BCUT2D eigenvalue weighted by Gasteiger charge is -2.18. The Hall–Kier alpha value is -9.06. The first-order chi connectivity index (χ1) is 44.2. The summed E-state index contributed by atoms with van der Waals surface area (Å²) in [5.74, 6) is 9.24. The Morgan fingerprint density at radius 1 is 0.341 bits per heavy atom. The second-order valence-corrected chi connectivity index (χ2v) is 20.6. The molecule has 504 valence electrons. The first-order valence-electron chi connectivity index (χ1n) is 31.5. The van der Waals surface area contributed by atoms with Crippen molar-refractivity contribution in [2.75, 3.05) is 188 Å². The highest BCUT2D eigenvalue weighted by atomic mass is 16.3. The minimum Gasteiger partial charge on any atom is -0.396 e. The number of aryl methyl sites for hydroxylation is 2. The van der Waals surface area contributed by atoms with E-state index >= 15 is 0 Å². The quantitative estimate of drug-likeness (QED) is 0.0243. The summed E-state index contributed by atoms with van der Waals surface area (Å²) < 4.78 is 0. The van der Waals surface area contributed by atoms with Gasteiger partial charge in [-0.2, -0.15) is 89.7 Å². The fraction of sp³-hybridized carbons (Fsp3) is 0.673. The predicted octanol–water partition coefficient (Wildman–Crippen LogP) is 3.56. The van der Waals surface area contributed by atoms with Crippen molar-refractivity contribution in [3.8, 4) is 0 Å². The van der Waals surface area contributed by atoms with Crippen LogP contribution < -0.4 is 80.6 Å². The number of nitrogens with zero attached hydrogens (tertiary/aromatic N) is 19. The van der Waals surface area contributed by atoms with Crippen LogP contribution in [0.15, 0.2) is 0 Å². The number of hydrogen-bond acceptors (Lipinski definition) is 36. The molecule has 6 rings (SSSR count). The molecular formula is C55H101N33O3. The van der Waals surface area contributed by atoms with Crippen molar-refractivity contribution in [3.05, 3.63) is 17.5 Å². The van der Waals surface area contributed by atoms with Gasteiger partial charge in [0.15, 0.2) is 0 Å². The summed E-state index contributed by atoms with van der Waals surface area (Å²) >= 11 is 0. The minimum atomic E-state index is 0.155. The predicted molar refractivity (Wildman–Crippen MR) is 361 cm³/mol. The molecule has 36 nitrogen and oxygen atoms in total.